The fourth-order valence-electron chi connectivity index (χ4n) is 2.80. The van der Waals surface area contributed by atoms with Crippen molar-refractivity contribution in [3.63, 3.8) is 0 Å². The van der Waals surface area contributed by atoms with Crippen molar-refractivity contribution in [1.82, 2.24) is 4.90 Å². The lowest BCUT2D eigenvalue weighted by molar-refractivity contribution is -0.146. The van der Waals surface area contributed by atoms with Crippen LogP contribution in [0.4, 0.5) is 0 Å². The predicted octanol–water partition coefficient (Wildman–Crippen LogP) is 2.93. The summed E-state index contributed by atoms with van der Waals surface area (Å²) in [6.45, 7) is 1.23. The van der Waals surface area contributed by atoms with E-state index in [0.29, 0.717) is 25.9 Å². The molecule has 0 bridgehead atoms. The van der Waals surface area contributed by atoms with Gasteiger partial charge in [0.2, 0.25) is 0 Å². The van der Waals surface area contributed by atoms with Crippen LogP contribution >= 0.6 is 11.3 Å². The van der Waals surface area contributed by atoms with E-state index in [1.165, 1.54) is 7.11 Å². The average molecular weight is 303 g/mol. The zero-order valence-electron chi connectivity index (χ0n) is 11.9. The summed E-state index contributed by atoms with van der Waals surface area (Å²) in [5.74, 6) is -0.169. The number of hydrogen-bond donors (Lipinski definition) is 0. The van der Waals surface area contributed by atoms with Crippen LogP contribution in [0.25, 0.3) is 10.1 Å². The molecule has 1 fully saturated rings. The minimum absolute atomic E-state index is 0.0655. The zero-order valence-corrected chi connectivity index (χ0v) is 12.7. The molecule has 0 aliphatic carbocycles. The first-order valence-electron chi connectivity index (χ1n) is 7.04. The number of carbonyl (C=O) groups is 2. The van der Waals surface area contributed by atoms with Crippen LogP contribution < -0.4 is 0 Å². The Bertz CT molecular complexity index is 671. The van der Waals surface area contributed by atoms with Gasteiger partial charge < -0.3 is 9.64 Å². The third-order valence-electron chi connectivity index (χ3n) is 4.03. The summed E-state index contributed by atoms with van der Waals surface area (Å²) >= 11 is 1.59. The van der Waals surface area contributed by atoms with E-state index in [1.807, 2.05) is 34.5 Å². The summed E-state index contributed by atoms with van der Waals surface area (Å²) in [5, 5.41) is 2.95. The van der Waals surface area contributed by atoms with Gasteiger partial charge in [0.1, 0.15) is 0 Å². The van der Waals surface area contributed by atoms with E-state index in [1.54, 1.807) is 11.3 Å². The Hall–Kier alpha value is -1.88. The van der Waals surface area contributed by atoms with E-state index in [2.05, 4.69) is 0 Å². The number of methoxy groups -OCH3 is 1. The van der Waals surface area contributed by atoms with Gasteiger partial charge in [-0.3, -0.25) is 9.59 Å². The van der Waals surface area contributed by atoms with Gasteiger partial charge in [-0.15, -0.1) is 11.3 Å². The first kappa shape index (κ1) is 14.1. The largest absolute Gasteiger partial charge is 0.469 e. The summed E-state index contributed by atoms with van der Waals surface area (Å²) in [7, 11) is 1.41. The topological polar surface area (TPSA) is 46.6 Å². The monoisotopic (exact) mass is 303 g/mol. The Labute approximate surface area is 127 Å². The lowest BCUT2D eigenvalue weighted by atomic mass is 9.96. The van der Waals surface area contributed by atoms with Crippen LogP contribution in [-0.2, 0) is 9.53 Å². The van der Waals surface area contributed by atoms with E-state index in [-0.39, 0.29) is 17.8 Å². The summed E-state index contributed by atoms with van der Waals surface area (Å²) in [6.07, 6.45) is 1.36. The van der Waals surface area contributed by atoms with Crippen molar-refractivity contribution >= 4 is 33.3 Å². The van der Waals surface area contributed by atoms with Gasteiger partial charge in [-0.05, 0) is 18.9 Å². The van der Waals surface area contributed by atoms with E-state index in [9.17, 15) is 9.59 Å². The number of hydrogen-bond acceptors (Lipinski definition) is 4. The van der Waals surface area contributed by atoms with Crippen molar-refractivity contribution in [3.05, 3.63) is 35.2 Å². The second kappa shape index (κ2) is 5.85. The third-order valence-corrected chi connectivity index (χ3v) is 4.99. The zero-order chi connectivity index (χ0) is 14.8. The maximum atomic E-state index is 12.6. The Morgan fingerprint density at radius 2 is 1.95 bits per heavy atom. The molecule has 0 spiro atoms. The van der Waals surface area contributed by atoms with Gasteiger partial charge in [-0.25, -0.2) is 0 Å². The molecule has 1 aliphatic rings. The van der Waals surface area contributed by atoms with Gasteiger partial charge in [0.15, 0.2) is 0 Å². The number of likely N-dealkylation sites (tertiary alicyclic amines) is 1. The molecule has 2 heterocycles. The number of rotatable bonds is 2. The van der Waals surface area contributed by atoms with Crippen LogP contribution in [0.5, 0.6) is 0 Å². The molecular formula is C16H17NO3S. The van der Waals surface area contributed by atoms with Crippen LogP contribution in [0.15, 0.2) is 29.6 Å². The second-order valence-corrected chi connectivity index (χ2v) is 6.15. The SMILES string of the molecule is COC(=O)C1CCN(C(=O)c2csc3ccccc23)CC1. The van der Waals surface area contributed by atoms with Crippen LogP contribution in [-0.4, -0.2) is 37.0 Å². The highest BCUT2D eigenvalue weighted by Gasteiger charge is 2.29. The van der Waals surface area contributed by atoms with Crippen molar-refractivity contribution in [2.24, 2.45) is 5.92 Å². The molecule has 1 amide bonds. The fourth-order valence-corrected chi connectivity index (χ4v) is 3.73. The Morgan fingerprint density at radius 1 is 1.24 bits per heavy atom. The summed E-state index contributed by atoms with van der Waals surface area (Å²) < 4.78 is 5.90. The van der Waals surface area contributed by atoms with Gasteiger partial charge in [0, 0.05) is 28.6 Å². The third kappa shape index (κ3) is 2.65. The van der Waals surface area contributed by atoms with E-state index < -0.39 is 0 Å². The molecule has 0 unspecified atom stereocenters. The summed E-state index contributed by atoms with van der Waals surface area (Å²) in [4.78, 5) is 26.0. The van der Waals surface area contributed by atoms with Gasteiger partial charge >= 0.3 is 5.97 Å². The number of fused-ring (bicyclic) bond motifs is 1. The van der Waals surface area contributed by atoms with Crippen molar-refractivity contribution in [2.75, 3.05) is 20.2 Å². The van der Waals surface area contributed by atoms with Gasteiger partial charge in [0.05, 0.1) is 18.6 Å². The van der Waals surface area contributed by atoms with Gasteiger partial charge in [-0.2, -0.15) is 0 Å². The van der Waals surface area contributed by atoms with Crippen LogP contribution in [0.2, 0.25) is 0 Å². The smallest absolute Gasteiger partial charge is 0.308 e. The first-order valence-corrected chi connectivity index (χ1v) is 7.92. The van der Waals surface area contributed by atoms with Gasteiger partial charge in [-0.1, -0.05) is 18.2 Å². The maximum Gasteiger partial charge on any atom is 0.308 e. The second-order valence-electron chi connectivity index (χ2n) is 5.24. The van der Waals surface area contributed by atoms with Crippen molar-refractivity contribution in [2.45, 2.75) is 12.8 Å². The molecule has 4 nitrogen and oxygen atoms in total. The van der Waals surface area contributed by atoms with Gasteiger partial charge in [0.25, 0.3) is 5.91 Å². The molecule has 5 heteroatoms. The normalized spacial score (nSPS) is 16.1. The molecular weight excluding hydrogens is 286 g/mol. The number of piperidine rings is 1. The van der Waals surface area contributed by atoms with E-state index in [4.69, 9.17) is 4.74 Å². The summed E-state index contributed by atoms with van der Waals surface area (Å²) in [5.41, 5.74) is 0.770. The number of carbonyl (C=O) groups excluding carboxylic acids is 2. The molecule has 0 saturated carbocycles. The number of nitrogens with zero attached hydrogens (tertiary/aromatic N) is 1. The molecule has 1 aliphatic heterocycles. The minimum Gasteiger partial charge on any atom is -0.469 e. The fraction of sp³-hybridized carbons (Fsp3) is 0.375. The molecule has 0 N–H and O–H groups in total. The first-order chi connectivity index (χ1) is 10.2. The van der Waals surface area contributed by atoms with Crippen LogP contribution in [0.3, 0.4) is 0 Å². The van der Waals surface area contributed by atoms with E-state index >= 15 is 0 Å². The number of thiophene rings is 1. The standard InChI is InChI=1S/C16H17NO3S/c1-20-16(19)11-6-8-17(9-7-11)15(18)13-10-21-14-5-3-2-4-12(13)14/h2-5,10-11H,6-9H2,1H3. The van der Waals surface area contributed by atoms with Crippen molar-refractivity contribution < 1.29 is 14.3 Å². The molecule has 0 atom stereocenters. The van der Waals surface area contributed by atoms with Crippen LogP contribution in [0, 0.1) is 5.92 Å². The highest BCUT2D eigenvalue weighted by molar-refractivity contribution is 7.17. The molecule has 1 aromatic heterocycles. The number of esters is 1. The quantitative estimate of drug-likeness (QED) is 0.801. The van der Waals surface area contributed by atoms with E-state index in [0.717, 1.165) is 15.6 Å². The highest BCUT2D eigenvalue weighted by atomic mass is 32.1. The molecule has 21 heavy (non-hydrogen) atoms. The number of ether oxygens (including phenoxy) is 1. The lowest BCUT2D eigenvalue weighted by Gasteiger charge is -2.30. The number of amides is 1. The highest BCUT2D eigenvalue weighted by Crippen LogP contribution is 2.28. The molecule has 110 valence electrons. The maximum absolute atomic E-state index is 12.6. The minimum atomic E-state index is -0.164. The lowest BCUT2D eigenvalue weighted by Crippen LogP contribution is -2.40. The molecule has 1 saturated heterocycles. The Kier molecular flexibility index (Phi) is 3.92. The predicted molar refractivity (Wildman–Crippen MR) is 82.5 cm³/mol. The van der Waals surface area contributed by atoms with Crippen LogP contribution in [0.1, 0.15) is 23.2 Å². The molecule has 1 aromatic carbocycles. The molecule has 3 rings (SSSR count). The van der Waals surface area contributed by atoms with Crippen molar-refractivity contribution in [3.8, 4) is 0 Å². The average Bonchev–Trinajstić information content (AvgIpc) is 2.97. The molecule has 0 radical (unpaired) electrons. The Morgan fingerprint density at radius 3 is 2.67 bits per heavy atom. The Balaban J connectivity index is 1.74. The molecule has 2 aromatic rings. The summed E-state index contributed by atoms with van der Waals surface area (Å²) in [6, 6.07) is 7.95. The van der Waals surface area contributed by atoms with Crippen molar-refractivity contribution in [1.29, 1.82) is 0 Å². The number of benzene rings is 1.